The van der Waals surface area contributed by atoms with E-state index >= 15 is 0 Å². The molecule has 0 heterocycles. The number of carbonyl (C=O) groups excluding carboxylic acids is 3. The molecule has 3 amide bonds. The first-order chi connectivity index (χ1) is 18.6. The third kappa shape index (κ3) is 6.82. The van der Waals surface area contributed by atoms with Crippen molar-refractivity contribution in [3.63, 3.8) is 0 Å². The van der Waals surface area contributed by atoms with Crippen LogP contribution in [0, 0.1) is 26.7 Å². The minimum atomic E-state index is -0.454. The van der Waals surface area contributed by atoms with E-state index in [0.717, 1.165) is 33.2 Å². The molecule has 0 atom stereocenters. The summed E-state index contributed by atoms with van der Waals surface area (Å²) in [6.45, 7) is 10.1. The molecule has 4 aromatic carbocycles. The van der Waals surface area contributed by atoms with Gasteiger partial charge >= 0.3 is 12.0 Å². The molecule has 0 spiro atoms. The second kappa shape index (κ2) is 11.8. The highest BCUT2D eigenvalue weighted by Crippen LogP contribution is 2.27. The molecular weight excluding hydrogens is 490 g/mol. The Morgan fingerprint density at radius 2 is 1.44 bits per heavy atom. The van der Waals surface area contributed by atoms with Gasteiger partial charge in [-0.3, -0.25) is 4.79 Å². The number of ether oxygens (including phenoxy) is 1. The molecule has 0 saturated heterocycles. The van der Waals surface area contributed by atoms with E-state index in [1.807, 2.05) is 71.0 Å². The van der Waals surface area contributed by atoms with Crippen molar-refractivity contribution in [1.82, 2.24) is 0 Å². The van der Waals surface area contributed by atoms with Crippen LogP contribution in [0.5, 0.6) is 0 Å². The number of hydrogen-bond acceptors (Lipinski definition) is 4. The van der Waals surface area contributed by atoms with Crippen molar-refractivity contribution in [2.75, 3.05) is 22.6 Å². The van der Waals surface area contributed by atoms with Gasteiger partial charge in [-0.15, -0.1) is 0 Å². The molecule has 0 fully saturated rings. The van der Waals surface area contributed by atoms with Crippen molar-refractivity contribution in [3.05, 3.63) is 101 Å². The van der Waals surface area contributed by atoms with Crippen LogP contribution in [0.4, 0.5) is 21.9 Å². The van der Waals surface area contributed by atoms with Gasteiger partial charge < -0.3 is 20.7 Å². The van der Waals surface area contributed by atoms with Crippen molar-refractivity contribution < 1.29 is 19.1 Å². The molecule has 7 heteroatoms. The fourth-order valence-electron chi connectivity index (χ4n) is 4.42. The molecule has 7 nitrogen and oxygen atoms in total. The van der Waals surface area contributed by atoms with Crippen LogP contribution in [0.25, 0.3) is 10.8 Å². The van der Waals surface area contributed by atoms with Gasteiger partial charge in [-0.05, 0) is 78.9 Å². The number of carbonyl (C=O) groups is 3. The van der Waals surface area contributed by atoms with Crippen LogP contribution in [-0.4, -0.2) is 24.5 Å². The molecule has 0 aromatic heterocycles. The van der Waals surface area contributed by atoms with Gasteiger partial charge in [0.15, 0.2) is 0 Å². The Labute approximate surface area is 228 Å². The van der Waals surface area contributed by atoms with Gasteiger partial charge in [0.05, 0.1) is 23.4 Å². The maximum atomic E-state index is 13.5. The zero-order valence-corrected chi connectivity index (χ0v) is 22.8. The summed E-state index contributed by atoms with van der Waals surface area (Å²) in [5, 5.41) is 10.4. The molecule has 0 unspecified atom stereocenters. The van der Waals surface area contributed by atoms with E-state index in [-0.39, 0.29) is 11.5 Å². The second-order valence-corrected chi connectivity index (χ2v) is 10.1. The Hall–Kier alpha value is -4.65. The van der Waals surface area contributed by atoms with Gasteiger partial charge in [-0.1, -0.05) is 61.9 Å². The first-order valence-electron chi connectivity index (χ1n) is 12.9. The Bertz CT molecular complexity index is 1540. The normalized spacial score (nSPS) is 10.8. The molecule has 0 aliphatic rings. The Morgan fingerprint density at radius 3 is 2.10 bits per heavy atom. The van der Waals surface area contributed by atoms with Crippen LogP contribution in [0.1, 0.15) is 51.3 Å². The summed E-state index contributed by atoms with van der Waals surface area (Å²) in [5.41, 5.74) is 5.17. The summed E-state index contributed by atoms with van der Waals surface area (Å²) < 4.78 is 5.31. The van der Waals surface area contributed by atoms with Crippen LogP contribution < -0.4 is 16.0 Å². The summed E-state index contributed by atoms with van der Waals surface area (Å²) in [6, 6.07) is 21.3. The van der Waals surface area contributed by atoms with Crippen LogP contribution in [0.3, 0.4) is 0 Å². The number of esters is 1. The topological polar surface area (TPSA) is 96.5 Å². The maximum absolute atomic E-state index is 13.5. The molecule has 0 aliphatic heterocycles. The smallest absolute Gasteiger partial charge is 0.338 e. The van der Waals surface area contributed by atoms with Crippen LogP contribution in [0.2, 0.25) is 0 Å². The van der Waals surface area contributed by atoms with Crippen LogP contribution in [-0.2, 0) is 4.74 Å². The maximum Gasteiger partial charge on any atom is 0.338 e. The highest BCUT2D eigenvalue weighted by atomic mass is 16.5. The number of nitrogens with one attached hydrogen (secondary N) is 3. The summed E-state index contributed by atoms with van der Waals surface area (Å²) in [7, 11) is 0. The zero-order chi connectivity index (χ0) is 28.1. The monoisotopic (exact) mass is 523 g/mol. The number of fused-ring (bicyclic) bond motifs is 1. The number of rotatable bonds is 7. The summed E-state index contributed by atoms with van der Waals surface area (Å²) in [4.78, 5) is 38.9. The standard InChI is InChI=1S/C32H33N3O4/c1-19(2)18-39-31(37)25-11-8-12-26(15-25)33-30(36)27-16-23-9-6-7-10-24(23)17-28(27)34-32(38)35-29-21(4)13-20(3)14-22(29)5/h6-17,19H,18H2,1-5H3,(H,33,36)(H2,34,35,38). The lowest BCUT2D eigenvalue weighted by Crippen LogP contribution is -2.23. The van der Waals surface area contributed by atoms with Gasteiger partial charge in [0.2, 0.25) is 0 Å². The van der Waals surface area contributed by atoms with E-state index in [9.17, 15) is 14.4 Å². The molecule has 4 aromatic rings. The van der Waals surface area contributed by atoms with E-state index in [2.05, 4.69) is 16.0 Å². The Balaban J connectivity index is 1.60. The predicted octanol–water partition coefficient (Wildman–Crippen LogP) is 7.47. The fraction of sp³-hybridized carbons (Fsp3) is 0.219. The Morgan fingerprint density at radius 1 is 0.769 bits per heavy atom. The van der Waals surface area contributed by atoms with Crippen LogP contribution >= 0.6 is 0 Å². The molecule has 0 bridgehead atoms. The van der Waals surface area contributed by atoms with Crippen molar-refractivity contribution in [3.8, 4) is 0 Å². The number of urea groups is 1. The van der Waals surface area contributed by atoms with E-state index in [0.29, 0.717) is 23.5 Å². The lowest BCUT2D eigenvalue weighted by atomic mass is 10.0. The molecule has 0 aliphatic carbocycles. The van der Waals surface area contributed by atoms with Crippen molar-refractivity contribution >= 4 is 45.7 Å². The molecular formula is C32H33N3O4. The molecule has 0 saturated carbocycles. The average molecular weight is 524 g/mol. The average Bonchev–Trinajstić information content (AvgIpc) is 2.89. The number of anilines is 3. The van der Waals surface area contributed by atoms with Gasteiger partial charge in [-0.25, -0.2) is 9.59 Å². The highest BCUT2D eigenvalue weighted by Gasteiger charge is 2.17. The number of amides is 3. The van der Waals surface area contributed by atoms with Gasteiger partial charge in [0.1, 0.15) is 0 Å². The second-order valence-electron chi connectivity index (χ2n) is 10.1. The summed E-state index contributed by atoms with van der Waals surface area (Å²) >= 11 is 0. The zero-order valence-electron chi connectivity index (χ0n) is 22.8. The first kappa shape index (κ1) is 27.4. The van der Waals surface area contributed by atoms with Gasteiger partial charge in [-0.2, -0.15) is 0 Å². The third-order valence-corrected chi connectivity index (χ3v) is 6.20. The van der Waals surface area contributed by atoms with Gasteiger partial charge in [0, 0.05) is 11.4 Å². The number of benzene rings is 4. The Kier molecular flexibility index (Phi) is 8.30. The van der Waals surface area contributed by atoms with Crippen LogP contribution in [0.15, 0.2) is 72.8 Å². The van der Waals surface area contributed by atoms with E-state index < -0.39 is 17.9 Å². The lowest BCUT2D eigenvalue weighted by Gasteiger charge is -2.16. The predicted molar refractivity (Wildman–Crippen MR) is 157 cm³/mol. The molecule has 3 N–H and O–H groups in total. The van der Waals surface area contributed by atoms with E-state index in [1.54, 1.807) is 36.4 Å². The molecule has 4 rings (SSSR count). The fourth-order valence-corrected chi connectivity index (χ4v) is 4.42. The van der Waals surface area contributed by atoms with E-state index in [1.165, 1.54) is 0 Å². The van der Waals surface area contributed by atoms with Crippen molar-refractivity contribution in [2.24, 2.45) is 5.92 Å². The number of hydrogen-bond donors (Lipinski definition) is 3. The van der Waals surface area contributed by atoms with E-state index in [4.69, 9.17) is 4.74 Å². The van der Waals surface area contributed by atoms with Crippen molar-refractivity contribution in [1.29, 1.82) is 0 Å². The first-order valence-corrected chi connectivity index (χ1v) is 12.9. The lowest BCUT2D eigenvalue weighted by molar-refractivity contribution is 0.0459. The summed E-state index contributed by atoms with van der Waals surface area (Å²) in [5.74, 6) is -0.663. The number of aryl methyl sites for hydroxylation is 3. The minimum absolute atomic E-state index is 0.215. The third-order valence-electron chi connectivity index (χ3n) is 6.20. The quantitative estimate of drug-likeness (QED) is 0.219. The molecule has 200 valence electrons. The highest BCUT2D eigenvalue weighted by molar-refractivity contribution is 6.14. The van der Waals surface area contributed by atoms with Gasteiger partial charge in [0.25, 0.3) is 5.91 Å². The largest absolute Gasteiger partial charge is 0.462 e. The van der Waals surface area contributed by atoms with Crippen molar-refractivity contribution in [2.45, 2.75) is 34.6 Å². The molecule has 0 radical (unpaired) electrons. The SMILES string of the molecule is Cc1cc(C)c(NC(=O)Nc2cc3ccccc3cc2C(=O)Nc2cccc(C(=O)OCC(C)C)c2)c(C)c1. The molecule has 39 heavy (non-hydrogen) atoms. The summed E-state index contributed by atoms with van der Waals surface area (Å²) in [6.07, 6.45) is 0. The minimum Gasteiger partial charge on any atom is -0.462 e.